The van der Waals surface area contributed by atoms with E-state index in [1.807, 2.05) is 0 Å². The van der Waals surface area contributed by atoms with Crippen molar-refractivity contribution in [2.45, 2.75) is 0 Å². The first-order valence-corrected chi connectivity index (χ1v) is 8.54. The third kappa shape index (κ3) is 4.16. The summed E-state index contributed by atoms with van der Waals surface area (Å²) in [4.78, 5) is 24.1. The molecule has 0 saturated carbocycles. The number of amides is 1. The normalized spacial score (nSPS) is 11.2. The fourth-order valence-electron chi connectivity index (χ4n) is 1.93. The summed E-state index contributed by atoms with van der Waals surface area (Å²) in [7, 11) is 1.05. The third-order valence-electron chi connectivity index (χ3n) is 3.22. The van der Waals surface area contributed by atoms with Gasteiger partial charge in [0.05, 0.1) is 16.1 Å². The van der Waals surface area contributed by atoms with Crippen LogP contribution in [0.25, 0.3) is 6.08 Å². The zero-order valence-corrected chi connectivity index (χ0v) is 16.3. The van der Waals surface area contributed by atoms with Gasteiger partial charge in [-0.1, -0.05) is 18.2 Å². The van der Waals surface area contributed by atoms with Gasteiger partial charge in [-0.25, -0.2) is 18.0 Å². The Morgan fingerprint density at radius 1 is 1.00 bits per heavy atom. The van der Waals surface area contributed by atoms with Crippen LogP contribution in [0.2, 0.25) is 0 Å². The summed E-state index contributed by atoms with van der Waals surface area (Å²) < 4.78 is 44.9. The number of ether oxygens (including phenoxy) is 1. The zero-order chi connectivity index (χ0) is 19.4. The summed E-state index contributed by atoms with van der Waals surface area (Å²) in [6, 6.07) is 7.90. The fourth-order valence-corrected chi connectivity index (χ4v) is 2.78. The minimum absolute atomic E-state index is 0.230. The van der Waals surface area contributed by atoms with Crippen molar-refractivity contribution in [3.05, 3.63) is 73.6 Å². The molecule has 26 heavy (non-hydrogen) atoms. The smallest absolute Gasteiger partial charge is 0.354 e. The zero-order valence-electron chi connectivity index (χ0n) is 13.1. The number of rotatable bonds is 4. The number of carbonyl (C=O) groups is 2. The van der Waals surface area contributed by atoms with E-state index in [2.05, 4.69) is 41.9 Å². The molecular formula is C17H10Br2F3NO3. The summed E-state index contributed by atoms with van der Waals surface area (Å²) in [5.41, 5.74) is -0.711. The molecule has 0 fully saturated rings. The maximum atomic E-state index is 14.3. The van der Waals surface area contributed by atoms with Crippen LogP contribution in [0.1, 0.15) is 15.9 Å². The van der Waals surface area contributed by atoms with Gasteiger partial charge >= 0.3 is 5.97 Å². The molecule has 2 rings (SSSR count). The first kappa shape index (κ1) is 20.2. The minimum Gasteiger partial charge on any atom is -0.464 e. The van der Waals surface area contributed by atoms with Gasteiger partial charge in [-0.2, -0.15) is 0 Å². The standard InChI is InChI=1S/C17H10Br2F3NO3/c1-26-17(25)10(23-16(24)8-5-3-2-4-6-8)7-9-11(18)14(21)15(22)12(19)13(9)20/h2-7H,1H3,(H,23,24). The Morgan fingerprint density at radius 3 is 2.15 bits per heavy atom. The average Bonchev–Trinajstić information content (AvgIpc) is 2.67. The van der Waals surface area contributed by atoms with Gasteiger partial charge in [0.15, 0.2) is 11.6 Å². The van der Waals surface area contributed by atoms with Gasteiger partial charge in [0.2, 0.25) is 0 Å². The number of esters is 1. The van der Waals surface area contributed by atoms with Crippen LogP contribution in [-0.2, 0) is 9.53 Å². The molecule has 2 aromatic carbocycles. The lowest BCUT2D eigenvalue weighted by molar-refractivity contribution is -0.136. The van der Waals surface area contributed by atoms with Gasteiger partial charge in [0.25, 0.3) is 5.91 Å². The molecule has 4 nitrogen and oxygen atoms in total. The monoisotopic (exact) mass is 491 g/mol. The van der Waals surface area contributed by atoms with Crippen LogP contribution in [-0.4, -0.2) is 19.0 Å². The Bertz CT molecular complexity index is 873. The molecular weight excluding hydrogens is 483 g/mol. The average molecular weight is 493 g/mol. The first-order valence-electron chi connectivity index (χ1n) is 6.95. The van der Waals surface area contributed by atoms with Crippen molar-refractivity contribution in [2.75, 3.05) is 7.11 Å². The maximum absolute atomic E-state index is 14.3. The molecule has 9 heteroatoms. The molecule has 1 amide bonds. The van der Waals surface area contributed by atoms with Crippen LogP contribution in [0.5, 0.6) is 0 Å². The van der Waals surface area contributed by atoms with E-state index in [-0.39, 0.29) is 5.56 Å². The lowest BCUT2D eigenvalue weighted by Gasteiger charge is -2.11. The number of nitrogens with one attached hydrogen (secondary N) is 1. The molecule has 1 N–H and O–H groups in total. The first-order chi connectivity index (χ1) is 12.3. The van der Waals surface area contributed by atoms with Crippen LogP contribution in [0, 0.1) is 17.5 Å². The SMILES string of the molecule is COC(=O)C(=Cc1c(F)c(Br)c(F)c(F)c1Br)NC(=O)c1ccccc1. The Hall–Kier alpha value is -2.13. The Balaban J connectivity index is 2.52. The highest BCUT2D eigenvalue weighted by molar-refractivity contribution is 9.11. The van der Waals surface area contributed by atoms with Crippen molar-refractivity contribution in [3.63, 3.8) is 0 Å². The number of benzene rings is 2. The maximum Gasteiger partial charge on any atom is 0.354 e. The van der Waals surface area contributed by atoms with E-state index in [9.17, 15) is 22.8 Å². The molecule has 0 atom stereocenters. The van der Waals surface area contributed by atoms with Gasteiger partial charge in [-0.05, 0) is 50.1 Å². The summed E-state index contributed by atoms with van der Waals surface area (Å²) in [5, 5.41) is 2.27. The summed E-state index contributed by atoms with van der Waals surface area (Å²) in [6.45, 7) is 0. The fraction of sp³-hybridized carbons (Fsp3) is 0.0588. The summed E-state index contributed by atoms with van der Waals surface area (Å²) >= 11 is 5.34. The van der Waals surface area contributed by atoms with E-state index in [1.54, 1.807) is 18.2 Å². The highest BCUT2D eigenvalue weighted by atomic mass is 79.9. The van der Waals surface area contributed by atoms with Crippen molar-refractivity contribution < 1.29 is 27.5 Å². The minimum atomic E-state index is -1.43. The van der Waals surface area contributed by atoms with Crippen molar-refractivity contribution in [3.8, 4) is 0 Å². The van der Waals surface area contributed by atoms with Gasteiger partial charge in [-0.3, -0.25) is 4.79 Å². The van der Waals surface area contributed by atoms with Crippen molar-refractivity contribution in [2.24, 2.45) is 0 Å². The van der Waals surface area contributed by atoms with Gasteiger partial charge in [-0.15, -0.1) is 0 Å². The van der Waals surface area contributed by atoms with E-state index in [1.165, 1.54) is 12.1 Å². The summed E-state index contributed by atoms with van der Waals surface area (Å²) in [6.07, 6.45) is 0.847. The van der Waals surface area contributed by atoms with Crippen LogP contribution in [0.3, 0.4) is 0 Å². The highest BCUT2D eigenvalue weighted by Gasteiger charge is 2.23. The largest absolute Gasteiger partial charge is 0.464 e. The second-order valence-corrected chi connectivity index (χ2v) is 6.44. The van der Waals surface area contributed by atoms with Crippen LogP contribution >= 0.6 is 31.9 Å². The quantitative estimate of drug-likeness (QED) is 0.294. The molecule has 136 valence electrons. The Morgan fingerprint density at radius 2 is 1.58 bits per heavy atom. The second kappa shape index (κ2) is 8.50. The van der Waals surface area contributed by atoms with E-state index in [0.29, 0.717) is 0 Å². The Labute approximate surface area is 163 Å². The summed E-state index contributed by atoms with van der Waals surface area (Å²) in [5.74, 6) is -5.62. The van der Waals surface area contributed by atoms with Crippen molar-refractivity contribution >= 4 is 49.8 Å². The topological polar surface area (TPSA) is 55.4 Å². The second-order valence-electron chi connectivity index (χ2n) is 4.85. The highest BCUT2D eigenvalue weighted by Crippen LogP contribution is 2.33. The van der Waals surface area contributed by atoms with Gasteiger partial charge < -0.3 is 10.1 Å². The molecule has 0 unspecified atom stereocenters. The van der Waals surface area contributed by atoms with Crippen LogP contribution < -0.4 is 5.32 Å². The number of halogens is 5. The number of methoxy groups -OCH3 is 1. The van der Waals surface area contributed by atoms with E-state index in [0.717, 1.165) is 13.2 Å². The lowest BCUT2D eigenvalue weighted by Crippen LogP contribution is -2.28. The third-order valence-corrected chi connectivity index (χ3v) is 4.69. The molecule has 0 aliphatic carbocycles. The molecule has 0 aliphatic rings. The number of carbonyl (C=O) groups excluding carboxylic acids is 2. The van der Waals surface area contributed by atoms with E-state index < -0.39 is 49.5 Å². The van der Waals surface area contributed by atoms with Crippen molar-refractivity contribution in [1.29, 1.82) is 0 Å². The molecule has 0 saturated heterocycles. The molecule has 0 radical (unpaired) electrons. The van der Waals surface area contributed by atoms with Crippen LogP contribution in [0.4, 0.5) is 13.2 Å². The molecule has 0 spiro atoms. The van der Waals surface area contributed by atoms with Gasteiger partial charge in [0, 0.05) is 11.1 Å². The molecule has 2 aromatic rings. The molecule has 0 aromatic heterocycles. The predicted molar refractivity (Wildman–Crippen MR) is 95.6 cm³/mol. The van der Waals surface area contributed by atoms with E-state index in [4.69, 9.17) is 0 Å². The predicted octanol–water partition coefficient (Wildman–Crippen LogP) is 4.57. The van der Waals surface area contributed by atoms with Crippen molar-refractivity contribution in [1.82, 2.24) is 5.32 Å². The number of hydrogen-bond donors (Lipinski definition) is 1. The molecule has 0 aliphatic heterocycles. The Kier molecular flexibility index (Phi) is 6.60. The number of hydrogen-bond acceptors (Lipinski definition) is 3. The molecule has 0 heterocycles. The van der Waals surface area contributed by atoms with Crippen LogP contribution in [0.15, 0.2) is 45.0 Å². The molecule has 0 bridgehead atoms. The lowest BCUT2D eigenvalue weighted by atomic mass is 10.1. The van der Waals surface area contributed by atoms with E-state index >= 15 is 0 Å². The van der Waals surface area contributed by atoms with Gasteiger partial charge in [0.1, 0.15) is 11.5 Å².